The van der Waals surface area contributed by atoms with E-state index in [0.29, 0.717) is 6.42 Å². The van der Waals surface area contributed by atoms with Gasteiger partial charge in [-0.3, -0.25) is 0 Å². The Bertz CT molecular complexity index is 488. The van der Waals surface area contributed by atoms with Crippen LogP contribution in [0.3, 0.4) is 0 Å². The number of esters is 2. The minimum absolute atomic E-state index is 0.193. The number of carbonyl (C=O) groups is 2. The van der Waals surface area contributed by atoms with Gasteiger partial charge in [0.05, 0.1) is 6.61 Å². The molecule has 0 saturated heterocycles. The largest absolute Gasteiger partial charge is 0.459 e. The molecule has 0 aromatic heterocycles. The van der Waals surface area contributed by atoms with E-state index >= 15 is 0 Å². The molecule has 100 valence electrons. The lowest BCUT2D eigenvalue weighted by atomic mass is 10.2. The average Bonchev–Trinajstić information content (AvgIpc) is 2.39. The molecule has 19 heavy (non-hydrogen) atoms. The van der Waals surface area contributed by atoms with E-state index in [9.17, 15) is 9.59 Å². The third-order valence-electron chi connectivity index (χ3n) is 2.26. The average molecular weight is 260 g/mol. The summed E-state index contributed by atoms with van der Waals surface area (Å²) in [5.41, 5.74) is 1.25. The first-order chi connectivity index (χ1) is 9.00. The second-order valence-corrected chi connectivity index (χ2v) is 3.96. The summed E-state index contributed by atoms with van der Waals surface area (Å²) in [7, 11) is 0. The summed E-state index contributed by atoms with van der Waals surface area (Å²) in [6.07, 6.45) is 0.592. The molecular formula is C15H16O4. The molecule has 0 aliphatic carbocycles. The van der Waals surface area contributed by atoms with E-state index < -0.39 is 11.9 Å². The van der Waals surface area contributed by atoms with E-state index in [0.717, 1.165) is 5.56 Å². The third kappa shape index (κ3) is 5.21. The number of benzene rings is 1. The summed E-state index contributed by atoms with van der Waals surface area (Å²) >= 11 is 0. The SMILES string of the molecule is C=C(C)C(=O)OC(=C)C(=O)OCCc1ccccc1. The first kappa shape index (κ1) is 14.7. The first-order valence-corrected chi connectivity index (χ1v) is 5.78. The van der Waals surface area contributed by atoms with Gasteiger partial charge in [-0.25, -0.2) is 9.59 Å². The van der Waals surface area contributed by atoms with Gasteiger partial charge in [0.2, 0.25) is 5.76 Å². The second-order valence-electron chi connectivity index (χ2n) is 3.96. The molecule has 0 saturated carbocycles. The van der Waals surface area contributed by atoms with E-state index in [1.54, 1.807) is 0 Å². The van der Waals surface area contributed by atoms with E-state index in [-0.39, 0.29) is 17.9 Å². The third-order valence-corrected chi connectivity index (χ3v) is 2.26. The second kappa shape index (κ2) is 7.16. The van der Waals surface area contributed by atoms with Crippen LogP contribution >= 0.6 is 0 Å². The highest BCUT2D eigenvalue weighted by molar-refractivity contribution is 5.93. The monoisotopic (exact) mass is 260 g/mol. The normalized spacial score (nSPS) is 9.53. The molecule has 0 aliphatic heterocycles. The van der Waals surface area contributed by atoms with Gasteiger partial charge in [0.15, 0.2) is 0 Å². The van der Waals surface area contributed by atoms with Crippen molar-refractivity contribution in [3.05, 3.63) is 60.4 Å². The van der Waals surface area contributed by atoms with Crippen LogP contribution in [0.4, 0.5) is 0 Å². The maximum Gasteiger partial charge on any atom is 0.373 e. The van der Waals surface area contributed by atoms with Crippen LogP contribution in [0, 0.1) is 0 Å². The summed E-state index contributed by atoms with van der Waals surface area (Å²) in [6.45, 7) is 8.43. The molecule has 0 radical (unpaired) electrons. The van der Waals surface area contributed by atoms with E-state index in [2.05, 4.69) is 17.9 Å². The lowest BCUT2D eigenvalue weighted by Gasteiger charge is -2.07. The van der Waals surface area contributed by atoms with Gasteiger partial charge >= 0.3 is 11.9 Å². The van der Waals surface area contributed by atoms with Gasteiger partial charge in [-0.2, -0.15) is 0 Å². The lowest BCUT2D eigenvalue weighted by molar-refractivity contribution is -0.149. The van der Waals surface area contributed by atoms with Crippen molar-refractivity contribution >= 4 is 11.9 Å². The molecule has 0 bridgehead atoms. The van der Waals surface area contributed by atoms with Crippen molar-refractivity contribution in [1.29, 1.82) is 0 Å². The lowest BCUT2D eigenvalue weighted by Crippen LogP contribution is -2.15. The van der Waals surface area contributed by atoms with Crippen LogP contribution in [-0.2, 0) is 25.5 Å². The Balaban J connectivity index is 2.33. The molecule has 4 heteroatoms. The molecule has 0 heterocycles. The van der Waals surface area contributed by atoms with Crippen LogP contribution in [0.2, 0.25) is 0 Å². The molecule has 0 N–H and O–H groups in total. The van der Waals surface area contributed by atoms with Gasteiger partial charge in [0, 0.05) is 12.0 Å². The summed E-state index contributed by atoms with van der Waals surface area (Å²) in [5.74, 6) is -1.77. The van der Waals surface area contributed by atoms with Crippen LogP contribution < -0.4 is 0 Å². The fourth-order valence-corrected chi connectivity index (χ4v) is 1.23. The Morgan fingerprint density at radius 3 is 2.32 bits per heavy atom. The summed E-state index contributed by atoms with van der Waals surface area (Å²) < 4.78 is 9.61. The summed E-state index contributed by atoms with van der Waals surface area (Å²) in [4.78, 5) is 22.6. The summed E-state index contributed by atoms with van der Waals surface area (Å²) in [6, 6.07) is 9.59. The molecule has 0 fully saturated rings. The zero-order chi connectivity index (χ0) is 14.3. The van der Waals surface area contributed by atoms with E-state index in [4.69, 9.17) is 4.74 Å². The molecule has 1 rings (SSSR count). The molecule has 4 nitrogen and oxygen atoms in total. The van der Waals surface area contributed by atoms with Gasteiger partial charge in [-0.1, -0.05) is 36.9 Å². The Hall–Kier alpha value is -2.36. The fraction of sp³-hybridized carbons (Fsp3) is 0.200. The van der Waals surface area contributed by atoms with Crippen LogP contribution in [0.5, 0.6) is 0 Å². The molecule has 1 aromatic rings. The minimum Gasteiger partial charge on any atom is -0.459 e. The standard InChI is InChI=1S/C15H16O4/c1-11(2)14(16)19-12(3)15(17)18-10-9-13-7-5-4-6-8-13/h4-8H,1,3,9-10H2,2H3. The van der Waals surface area contributed by atoms with Crippen LogP contribution in [0.15, 0.2) is 54.8 Å². The van der Waals surface area contributed by atoms with E-state index in [1.807, 2.05) is 30.3 Å². The molecule has 0 atom stereocenters. The van der Waals surface area contributed by atoms with Gasteiger partial charge < -0.3 is 9.47 Å². The van der Waals surface area contributed by atoms with Crippen molar-refractivity contribution in [2.75, 3.05) is 6.61 Å². The highest BCUT2D eigenvalue weighted by Crippen LogP contribution is 2.04. The number of rotatable bonds is 6. The quantitative estimate of drug-likeness (QED) is 0.448. The predicted molar refractivity (Wildman–Crippen MR) is 71.2 cm³/mol. The van der Waals surface area contributed by atoms with Crippen molar-refractivity contribution in [3.8, 4) is 0 Å². The predicted octanol–water partition coefficient (Wildman–Crippen LogP) is 2.41. The Kier molecular flexibility index (Phi) is 5.54. The summed E-state index contributed by atoms with van der Waals surface area (Å²) in [5, 5.41) is 0. The van der Waals surface area contributed by atoms with Crippen LogP contribution in [-0.4, -0.2) is 18.5 Å². The van der Waals surface area contributed by atoms with Crippen LogP contribution in [0.1, 0.15) is 12.5 Å². The smallest absolute Gasteiger partial charge is 0.373 e. The number of ether oxygens (including phenoxy) is 2. The zero-order valence-electron chi connectivity index (χ0n) is 10.8. The van der Waals surface area contributed by atoms with Crippen molar-refractivity contribution in [2.24, 2.45) is 0 Å². The molecule has 0 amide bonds. The minimum atomic E-state index is -0.745. The highest BCUT2D eigenvalue weighted by atomic mass is 16.6. The van der Waals surface area contributed by atoms with Crippen LogP contribution in [0.25, 0.3) is 0 Å². The van der Waals surface area contributed by atoms with Gasteiger partial charge in [0.25, 0.3) is 0 Å². The van der Waals surface area contributed by atoms with Crippen molar-refractivity contribution in [1.82, 2.24) is 0 Å². The molecule has 0 spiro atoms. The van der Waals surface area contributed by atoms with Gasteiger partial charge in [-0.05, 0) is 19.1 Å². The van der Waals surface area contributed by atoms with E-state index in [1.165, 1.54) is 6.92 Å². The topological polar surface area (TPSA) is 52.6 Å². The maximum absolute atomic E-state index is 11.5. The Morgan fingerprint density at radius 1 is 1.11 bits per heavy atom. The highest BCUT2D eigenvalue weighted by Gasteiger charge is 2.14. The number of hydrogen-bond donors (Lipinski definition) is 0. The Labute approximate surface area is 112 Å². The van der Waals surface area contributed by atoms with Crippen molar-refractivity contribution in [2.45, 2.75) is 13.3 Å². The van der Waals surface area contributed by atoms with Crippen molar-refractivity contribution in [3.63, 3.8) is 0 Å². The molecule has 0 aliphatic rings. The first-order valence-electron chi connectivity index (χ1n) is 5.78. The fourth-order valence-electron chi connectivity index (χ4n) is 1.23. The molecule has 0 unspecified atom stereocenters. The van der Waals surface area contributed by atoms with Gasteiger partial charge in [-0.15, -0.1) is 0 Å². The molecular weight excluding hydrogens is 244 g/mol. The Morgan fingerprint density at radius 2 is 1.74 bits per heavy atom. The van der Waals surface area contributed by atoms with Gasteiger partial charge in [0.1, 0.15) is 0 Å². The number of hydrogen-bond acceptors (Lipinski definition) is 4. The zero-order valence-corrected chi connectivity index (χ0v) is 10.8. The number of carbonyl (C=O) groups excluding carboxylic acids is 2. The van der Waals surface area contributed by atoms with Crippen molar-refractivity contribution < 1.29 is 19.1 Å². The maximum atomic E-state index is 11.5. The molecule has 1 aromatic carbocycles.